The van der Waals surface area contributed by atoms with Crippen molar-refractivity contribution in [2.75, 3.05) is 5.32 Å². The summed E-state index contributed by atoms with van der Waals surface area (Å²) in [6, 6.07) is 12.1. The lowest BCUT2D eigenvalue weighted by Gasteiger charge is -2.20. The van der Waals surface area contributed by atoms with Gasteiger partial charge in [0, 0.05) is 11.6 Å². The average molecular weight is 432 g/mol. The number of nitrogens with zero attached hydrogens (tertiary/aromatic N) is 3. The van der Waals surface area contributed by atoms with Gasteiger partial charge in [0.2, 0.25) is 5.91 Å². The molecule has 0 spiro atoms. The molecule has 0 bridgehead atoms. The van der Waals surface area contributed by atoms with Crippen LogP contribution in [0.4, 0.5) is 5.82 Å². The highest BCUT2D eigenvalue weighted by Gasteiger charge is 2.26. The molecule has 1 aromatic carbocycles. The van der Waals surface area contributed by atoms with Gasteiger partial charge in [-0.15, -0.1) is 0 Å². The predicted octanol–water partition coefficient (Wildman–Crippen LogP) is 3.70. The van der Waals surface area contributed by atoms with Gasteiger partial charge in [-0.25, -0.2) is 4.98 Å². The fourth-order valence-corrected chi connectivity index (χ4v) is 3.51. The summed E-state index contributed by atoms with van der Waals surface area (Å²) in [6.45, 7) is 5.74. The summed E-state index contributed by atoms with van der Waals surface area (Å²) in [5.74, 6) is -0.0775. The van der Waals surface area contributed by atoms with Crippen LogP contribution in [0.1, 0.15) is 36.3 Å². The van der Waals surface area contributed by atoms with E-state index in [2.05, 4.69) is 31.0 Å². The van der Waals surface area contributed by atoms with Crippen LogP contribution in [-0.2, 0) is 4.79 Å². The fourth-order valence-electron chi connectivity index (χ4n) is 3.51. The molecule has 3 aromatic heterocycles. The second-order valence-electron chi connectivity index (χ2n) is 7.98. The number of aromatic nitrogens is 4. The molecular formula is C23H24N6O3. The van der Waals surface area contributed by atoms with Crippen molar-refractivity contribution in [3.63, 3.8) is 0 Å². The Morgan fingerprint density at radius 1 is 1.16 bits per heavy atom. The van der Waals surface area contributed by atoms with Gasteiger partial charge in [0.05, 0.1) is 28.5 Å². The van der Waals surface area contributed by atoms with Gasteiger partial charge in [0.1, 0.15) is 11.9 Å². The molecule has 0 saturated heterocycles. The van der Waals surface area contributed by atoms with Crippen LogP contribution in [0.3, 0.4) is 0 Å². The highest BCUT2D eigenvalue weighted by atomic mass is 16.5. The summed E-state index contributed by atoms with van der Waals surface area (Å²) in [5.41, 5.74) is 2.61. The third-order valence-electron chi connectivity index (χ3n) is 5.02. The number of aryl methyl sites for hydroxylation is 1. The summed E-state index contributed by atoms with van der Waals surface area (Å²) in [4.78, 5) is 30.8. The number of benzene rings is 1. The zero-order valence-electron chi connectivity index (χ0n) is 18.0. The Hall–Kier alpha value is -4.01. The van der Waals surface area contributed by atoms with Crippen molar-refractivity contribution >= 4 is 28.7 Å². The van der Waals surface area contributed by atoms with E-state index in [4.69, 9.17) is 4.52 Å². The van der Waals surface area contributed by atoms with Crippen LogP contribution in [0.25, 0.3) is 22.4 Å². The second kappa shape index (κ2) is 9.01. The molecule has 3 heterocycles. The maximum atomic E-state index is 13.4. The van der Waals surface area contributed by atoms with Crippen LogP contribution in [0.15, 0.2) is 53.2 Å². The Labute approximate surface area is 184 Å². The molecule has 3 N–H and O–H groups in total. The Bertz CT molecular complexity index is 1230. The first-order valence-electron chi connectivity index (χ1n) is 10.4. The number of amides is 2. The average Bonchev–Trinajstić information content (AvgIpc) is 3.42. The molecule has 2 amide bonds. The summed E-state index contributed by atoms with van der Waals surface area (Å²) >= 11 is 0. The first kappa shape index (κ1) is 21.2. The van der Waals surface area contributed by atoms with Crippen molar-refractivity contribution in [2.24, 2.45) is 5.92 Å². The Balaban J connectivity index is 1.67. The summed E-state index contributed by atoms with van der Waals surface area (Å²) in [6.07, 6.45) is 2.01. The number of pyridine rings is 1. The van der Waals surface area contributed by atoms with E-state index in [-0.39, 0.29) is 17.5 Å². The van der Waals surface area contributed by atoms with E-state index in [0.717, 1.165) is 5.56 Å². The molecule has 0 fully saturated rings. The smallest absolute Gasteiger partial charge is 0.259 e. The van der Waals surface area contributed by atoms with Gasteiger partial charge in [0.15, 0.2) is 0 Å². The van der Waals surface area contributed by atoms with Crippen molar-refractivity contribution in [3.8, 4) is 11.3 Å². The molecule has 164 valence electrons. The maximum absolute atomic E-state index is 13.4. The molecule has 9 heteroatoms. The standard InChI is InChI=1S/C23H24N6O3/c1-13(2)11-18(22(31)27-19-9-10-24-28-19)25-21(30)16-12-17(15-7-5-4-6-8-15)26-23-20(16)14(3)29-32-23/h4-10,12-13,18H,11H2,1-3H3,(H,25,30)(H2,24,27,28,31). The number of aromatic amines is 1. The number of hydrogen-bond donors (Lipinski definition) is 3. The Kier molecular flexibility index (Phi) is 5.98. The molecule has 4 aromatic rings. The van der Waals surface area contributed by atoms with Crippen molar-refractivity contribution in [3.05, 3.63) is 59.9 Å². The minimum Gasteiger partial charge on any atom is -0.340 e. The fraction of sp³-hybridized carbons (Fsp3) is 0.261. The predicted molar refractivity (Wildman–Crippen MR) is 120 cm³/mol. The summed E-state index contributed by atoms with van der Waals surface area (Å²) < 4.78 is 5.36. The van der Waals surface area contributed by atoms with Crippen LogP contribution in [0, 0.1) is 12.8 Å². The number of H-pyrrole nitrogens is 1. The number of nitrogens with one attached hydrogen (secondary N) is 3. The second-order valence-corrected chi connectivity index (χ2v) is 7.98. The quantitative estimate of drug-likeness (QED) is 0.409. The highest BCUT2D eigenvalue weighted by Crippen LogP contribution is 2.27. The first-order valence-corrected chi connectivity index (χ1v) is 10.4. The highest BCUT2D eigenvalue weighted by molar-refractivity contribution is 6.08. The van der Waals surface area contributed by atoms with E-state index in [9.17, 15) is 9.59 Å². The third kappa shape index (κ3) is 4.51. The number of hydrogen-bond acceptors (Lipinski definition) is 6. The lowest BCUT2D eigenvalue weighted by molar-refractivity contribution is -0.118. The lowest BCUT2D eigenvalue weighted by atomic mass is 10.0. The van der Waals surface area contributed by atoms with Crippen LogP contribution in [-0.4, -0.2) is 38.2 Å². The molecule has 9 nitrogen and oxygen atoms in total. The number of fused-ring (bicyclic) bond motifs is 1. The zero-order chi connectivity index (χ0) is 22.7. The third-order valence-corrected chi connectivity index (χ3v) is 5.02. The Morgan fingerprint density at radius 2 is 1.94 bits per heavy atom. The van der Waals surface area contributed by atoms with Crippen molar-refractivity contribution in [1.82, 2.24) is 25.7 Å². The molecule has 1 atom stereocenters. The lowest BCUT2D eigenvalue weighted by Crippen LogP contribution is -2.44. The van der Waals surface area contributed by atoms with E-state index in [1.54, 1.807) is 25.3 Å². The Morgan fingerprint density at radius 3 is 2.62 bits per heavy atom. The molecule has 32 heavy (non-hydrogen) atoms. The van der Waals surface area contributed by atoms with E-state index in [0.29, 0.717) is 34.6 Å². The number of carbonyl (C=O) groups is 2. The van der Waals surface area contributed by atoms with Gasteiger partial charge in [-0.1, -0.05) is 49.3 Å². The van der Waals surface area contributed by atoms with Crippen molar-refractivity contribution in [2.45, 2.75) is 33.2 Å². The molecule has 0 aliphatic rings. The van der Waals surface area contributed by atoms with E-state index in [1.807, 2.05) is 44.2 Å². The molecule has 0 saturated carbocycles. The van der Waals surface area contributed by atoms with Gasteiger partial charge in [-0.3, -0.25) is 14.7 Å². The molecule has 1 unspecified atom stereocenters. The van der Waals surface area contributed by atoms with Gasteiger partial charge in [-0.05, 0) is 25.3 Å². The molecule has 0 aliphatic carbocycles. The number of anilines is 1. The summed E-state index contributed by atoms with van der Waals surface area (Å²) in [5, 5.41) is 16.7. The van der Waals surface area contributed by atoms with E-state index >= 15 is 0 Å². The van der Waals surface area contributed by atoms with Gasteiger partial charge < -0.3 is 15.2 Å². The van der Waals surface area contributed by atoms with Crippen LogP contribution >= 0.6 is 0 Å². The van der Waals surface area contributed by atoms with Gasteiger partial charge >= 0.3 is 0 Å². The van der Waals surface area contributed by atoms with E-state index in [1.165, 1.54) is 0 Å². The molecular weight excluding hydrogens is 408 g/mol. The largest absolute Gasteiger partial charge is 0.340 e. The molecule has 0 aliphatic heterocycles. The number of rotatable bonds is 7. The van der Waals surface area contributed by atoms with Crippen molar-refractivity contribution < 1.29 is 14.1 Å². The van der Waals surface area contributed by atoms with Crippen LogP contribution in [0.2, 0.25) is 0 Å². The monoisotopic (exact) mass is 432 g/mol. The van der Waals surface area contributed by atoms with Crippen LogP contribution in [0.5, 0.6) is 0 Å². The van der Waals surface area contributed by atoms with Crippen molar-refractivity contribution in [1.29, 1.82) is 0 Å². The minimum atomic E-state index is -0.741. The summed E-state index contributed by atoms with van der Waals surface area (Å²) in [7, 11) is 0. The maximum Gasteiger partial charge on any atom is 0.259 e. The van der Waals surface area contributed by atoms with Gasteiger partial charge in [-0.2, -0.15) is 5.10 Å². The van der Waals surface area contributed by atoms with E-state index < -0.39 is 11.9 Å². The molecule has 4 rings (SSSR count). The van der Waals surface area contributed by atoms with Crippen LogP contribution < -0.4 is 10.6 Å². The zero-order valence-corrected chi connectivity index (χ0v) is 18.0. The normalized spacial score (nSPS) is 12.1. The number of carbonyl (C=O) groups excluding carboxylic acids is 2. The first-order chi connectivity index (χ1) is 15.4. The minimum absolute atomic E-state index is 0.183. The topological polar surface area (TPSA) is 126 Å². The SMILES string of the molecule is Cc1noc2nc(-c3ccccc3)cc(C(=O)NC(CC(C)C)C(=O)Nc3ccn[nH]3)c12. The van der Waals surface area contributed by atoms with Gasteiger partial charge in [0.25, 0.3) is 11.6 Å². The molecule has 0 radical (unpaired) electrons.